The average molecular weight is 369 g/mol. The maximum absolute atomic E-state index is 10.3. The summed E-state index contributed by atoms with van der Waals surface area (Å²) < 4.78 is 43.8. The molecule has 0 saturated heterocycles. The molecule has 0 fully saturated rings. The monoisotopic (exact) mass is 368 g/mol. The smallest absolute Gasteiger partial charge is 0.377 e. The molecule has 0 heterocycles. The number of unbranched alkanes of at least 4 members (excludes halogenated alkanes) is 8. The summed E-state index contributed by atoms with van der Waals surface area (Å²) in [5, 5.41) is 0. The van der Waals surface area contributed by atoms with Crippen LogP contribution in [0.5, 0.6) is 0 Å². The van der Waals surface area contributed by atoms with Gasteiger partial charge in [-0.1, -0.05) is 64.7 Å². The molecule has 0 spiro atoms. The molecule has 0 aromatic rings. The van der Waals surface area contributed by atoms with Gasteiger partial charge >= 0.3 is 10.4 Å². The van der Waals surface area contributed by atoms with E-state index in [1.807, 2.05) is 0 Å². The Kier molecular flexibility index (Phi) is 16.1. The molecule has 146 valence electrons. The summed E-state index contributed by atoms with van der Waals surface area (Å²) in [5.74, 6) is 0. The lowest BCUT2D eigenvalue weighted by atomic mass is 10.1. The lowest BCUT2D eigenvalue weighted by molar-refractivity contribution is 0.00232. The minimum Gasteiger partial charge on any atom is -0.377 e. The Morgan fingerprint density at radius 2 is 1.38 bits per heavy atom. The van der Waals surface area contributed by atoms with Gasteiger partial charge in [-0.15, -0.1) is 0 Å². The van der Waals surface area contributed by atoms with E-state index in [-0.39, 0.29) is 19.3 Å². The molecule has 7 heteroatoms. The third kappa shape index (κ3) is 19.8. The van der Waals surface area contributed by atoms with Gasteiger partial charge in [0.2, 0.25) is 0 Å². The average Bonchev–Trinajstić information content (AvgIpc) is 2.51. The van der Waals surface area contributed by atoms with E-state index in [0.717, 1.165) is 6.42 Å². The lowest BCUT2D eigenvalue weighted by Crippen LogP contribution is -2.15. The van der Waals surface area contributed by atoms with Crippen LogP contribution in [-0.4, -0.2) is 45.5 Å². The van der Waals surface area contributed by atoms with Crippen molar-refractivity contribution in [1.82, 2.24) is 0 Å². The summed E-state index contributed by atoms with van der Waals surface area (Å²) in [4.78, 5) is 0. The van der Waals surface area contributed by atoms with Crippen LogP contribution in [0.25, 0.3) is 0 Å². The fourth-order valence-corrected chi connectivity index (χ4v) is 2.71. The Bertz CT molecular complexity index is 358. The van der Waals surface area contributed by atoms with Crippen LogP contribution in [0.4, 0.5) is 0 Å². The third-order valence-electron chi connectivity index (χ3n) is 3.80. The third-order valence-corrected chi connectivity index (χ3v) is 4.27. The van der Waals surface area contributed by atoms with Crippen LogP contribution in [-0.2, 0) is 24.1 Å². The first-order valence-electron chi connectivity index (χ1n) is 9.27. The Morgan fingerprint density at radius 1 is 0.833 bits per heavy atom. The predicted molar refractivity (Wildman–Crippen MR) is 95.6 cm³/mol. The zero-order chi connectivity index (χ0) is 18.1. The van der Waals surface area contributed by atoms with Crippen LogP contribution in [0, 0.1) is 0 Å². The van der Waals surface area contributed by atoms with Crippen LogP contribution in [0.15, 0.2) is 0 Å². The molecule has 0 amide bonds. The molecule has 0 saturated carbocycles. The van der Waals surface area contributed by atoms with E-state index in [1.54, 1.807) is 0 Å². The maximum Gasteiger partial charge on any atom is 0.397 e. The van der Waals surface area contributed by atoms with Crippen molar-refractivity contribution in [3.63, 3.8) is 0 Å². The molecule has 0 aromatic carbocycles. The quantitative estimate of drug-likeness (QED) is 0.289. The second kappa shape index (κ2) is 16.3. The van der Waals surface area contributed by atoms with Gasteiger partial charge in [0.05, 0.1) is 32.5 Å². The highest BCUT2D eigenvalue weighted by atomic mass is 32.3. The molecule has 6 nitrogen and oxygen atoms in total. The van der Waals surface area contributed by atoms with Crippen LogP contribution >= 0.6 is 0 Å². The Balaban J connectivity index is 3.22. The molecule has 0 aliphatic heterocycles. The molecular formula is C17H36O6S. The first kappa shape index (κ1) is 23.8. The van der Waals surface area contributed by atoms with Crippen molar-refractivity contribution < 1.29 is 26.6 Å². The van der Waals surface area contributed by atoms with Gasteiger partial charge in [-0.05, 0) is 13.3 Å². The summed E-state index contributed by atoms with van der Waals surface area (Å²) in [6.07, 6.45) is 13.2. The van der Waals surface area contributed by atoms with Gasteiger partial charge in [0.15, 0.2) is 0 Å². The summed E-state index contributed by atoms with van der Waals surface area (Å²) in [7, 11) is -4.36. The van der Waals surface area contributed by atoms with Gasteiger partial charge in [-0.25, -0.2) is 4.18 Å². The Hall–Kier alpha value is -0.210. The number of hydrogen-bond acceptors (Lipinski definition) is 5. The lowest BCUT2D eigenvalue weighted by Gasteiger charge is -2.13. The second-order valence-electron chi connectivity index (χ2n) is 6.16. The van der Waals surface area contributed by atoms with Crippen molar-refractivity contribution in [3.05, 3.63) is 0 Å². The van der Waals surface area contributed by atoms with Crippen LogP contribution in [0.3, 0.4) is 0 Å². The van der Waals surface area contributed by atoms with Crippen molar-refractivity contribution in [2.75, 3.05) is 26.4 Å². The Labute approximate surface area is 148 Å². The standard InChI is InChI=1S/C17H36O6S/c1-3-4-5-6-7-8-9-10-11-12-17(2)22-15-13-21-14-16-23-24(18,19)20/h17H,3-16H2,1-2H3,(H,18,19,20). The molecule has 0 radical (unpaired) electrons. The predicted octanol–water partition coefficient (Wildman–Crippen LogP) is 4.15. The SMILES string of the molecule is CCCCCCCCCCCC(C)OCCOCCOS(=O)(=O)O. The molecule has 0 aliphatic rings. The maximum atomic E-state index is 10.3. The van der Waals surface area contributed by atoms with E-state index in [2.05, 4.69) is 18.0 Å². The highest BCUT2D eigenvalue weighted by Crippen LogP contribution is 2.12. The molecule has 0 aliphatic carbocycles. The zero-order valence-corrected chi connectivity index (χ0v) is 16.2. The van der Waals surface area contributed by atoms with Crippen molar-refractivity contribution in [3.8, 4) is 0 Å². The van der Waals surface area contributed by atoms with Gasteiger partial charge in [0, 0.05) is 0 Å². The van der Waals surface area contributed by atoms with Crippen LogP contribution in [0.1, 0.15) is 78.1 Å². The summed E-state index contributed by atoms with van der Waals surface area (Å²) >= 11 is 0. The fourth-order valence-electron chi connectivity index (χ4n) is 2.43. The molecule has 24 heavy (non-hydrogen) atoms. The van der Waals surface area contributed by atoms with Gasteiger partial charge in [0.25, 0.3) is 0 Å². The molecule has 1 N–H and O–H groups in total. The molecule has 0 aromatic heterocycles. The number of hydrogen-bond donors (Lipinski definition) is 1. The fraction of sp³-hybridized carbons (Fsp3) is 1.00. The van der Waals surface area contributed by atoms with Crippen LogP contribution in [0.2, 0.25) is 0 Å². The van der Waals surface area contributed by atoms with E-state index < -0.39 is 10.4 Å². The van der Waals surface area contributed by atoms with Crippen molar-refractivity contribution in [1.29, 1.82) is 0 Å². The number of rotatable bonds is 18. The van der Waals surface area contributed by atoms with Gasteiger partial charge in [0.1, 0.15) is 0 Å². The van der Waals surface area contributed by atoms with E-state index in [4.69, 9.17) is 14.0 Å². The highest BCUT2D eigenvalue weighted by molar-refractivity contribution is 7.80. The Morgan fingerprint density at radius 3 is 1.96 bits per heavy atom. The second-order valence-corrected chi connectivity index (χ2v) is 7.25. The largest absolute Gasteiger partial charge is 0.397 e. The van der Waals surface area contributed by atoms with Crippen molar-refractivity contribution in [2.45, 2.75) is 84.2 Å². The first-order chi connectivity index (χ1) is 11.5. The minimum absolute atomic E-state index is 0.107. The van der Waals surface area contributed by atoms with E-state index in [0.29, 0.717) is 13.2 Å². The molecular weight excluding hydrogens is 332 g/mol. The number of ether oxygens (including phenoxy) is 2. The first-order valence-corrected chi connectivity index (χ1v) is 10.6. The molecule has 1 unspecified atom stereocenters. The summed E-state index contributed by atoms with van der Waals surface area (Å²) in [5.41, 5.74) is 0. The normalized spacial score (nSPS) is 13.3. The highest BCUT2D eigenvalue weighted by Gasteiger charge is 2.04. The van der Waals surface area contributed by atoms with Gasteiger partial charge in [-0.3, -0.25) is 4.55 Å². The van der Waals surface area contributed by atoms with Gasteiger partial charge < -0.3 is 9.47 Å². The van der Waals surface area contributed by atoms with E-state index >= 15 is 0 Å². The van der Waals surface area contributed by atoms with Crippen molar-refractivity contribution in [2.24, 2.45) is 0 Å². The molecule has 0 rings (SSSR count). The summed E-state index contributed by atoms with van der Waals surface area (Å²) in [6.45, 7) is 5.09. The zero-order valence-electron chi connectivity index (χ0n) is 15.4. The molecule has 0 bridgehead atoms. The van der Waals surface area contributed by atoms with E-state index in [9.17, 15) is 8.42 Å². The van der Waals surface area contributed by atoms with E-state index in [1.165, 1.54) is 57.8 Å². The summed E-state index contributed by atoms with van der Waals surface area (Å²) in [6, 6.07) is 0. The topological polar surface area (TPSA) is 82.1 Å². The van der Waals surface area contributed by atoms with Gasteiger partial charge in [-0.2, -0.15) is 8.42 Å². The molecule has 1 atom stereocenters. The minimum atomic E-state index is -4.36. The van der Waals surface area contributed by atoms with Crippen LogP contribution < -0.4 is 0 Å². The van der Waals surface area contributed by atoms with Crippen molar-refractivity contribution >= 4 is 10.4 Å².